The molecular formula is C21H38N4. The van der Waals surface area contributed by atoms with Crippen LogP contribution in [0.15, 0.2) is 30.3 Å². The van der Waals surface area contributed by atoms with E-state index in [1.165, 1.54) is 64.3 Å². The van der Waals surface area contributed by atoms with Gasteiger partial charge in [0.25, 0.3) is 0 Å². The van der Waals surface area contributed by atoms with Crippen LogP contribution >= 0.6 is 0 Å². The Hall–Kier alpha value is -0.940. The molecule has 0 spiro atoms. The zero-order chi connectivity index (χ0) is 17.9. The van der Waals surface area contributed by atoms with Gasteiger partial charge >= 0.3 is 0 Å². The van der Waals surface area contributed by atoms with Crippen molar-refractivity contribution < 1.29 is 0 Å². The van der Waals surface area contributed by atoms with Crippen LogP contribution in [0.25, 0.3) is 0 Å². The van der Waals surface area contributed by atoms with Crippen molar-refractivity contribution in [3.8, 4) is 0 Å². The Morgan fingerprint density at radius 2 is 1.56 bits per heavy atom. The molecule has 4 nitrogen and oxygen atoms in total. The molecule has 1 aliphatic heterocycles. The topological polar surface area (TPSA) is 35.7 Å². The number of piperazine rings is 1. The smallest absolute Gasteiger partial charge is 0.0233 e. The summed E-state index contributed by atoms with van der Waals surface area (Å²) in [7, 11) is 0. The summed E-state index contributed by atoms with van der Waals surface area (Å²) in [6.07, 6.45) is 2.39. The largest absolute Gasteiger partial charge is 0.330 e. The molecule has 1 heterocycles. The number of benzene rings is 1. The van der Waals surface area contributed by atoms with Gasteiger partial charge in [-0.2, -0.15) is 0 Å². The molecule has 142 valence electrons. The first-order valence-corrected chi connectivity index (χ1v) is 10.1. The minimum Gasteiger partial charge on any atom is -0.330 e. The summed E-state index contributed by atoms with van der Waals surface area (Å²) in [6, 6.07) is 10.9. The van der Waals surface area contributed by atoms with Crippen molar-refractivity contribution in [2.24, 2.45) is 11.7 Å². The highest BCUT2D eigenvalue weighted by Gasteiger charge is 2.16. The number of rotatable bonds is 11. The highest BCUT2D eigenvalue weighted by molar-refractivity contribution is 5.14. The molecule has 2 N–H and O–H groups in total. The average Bonchev–Trinajstić information content (AvgIpc) is 2.61. The lowest BCUT2D eigenvalue weighted by Crippen LogP contribution is -2.47. The van der Waals surface area contributed by atoms with Gasteiger partial charge in [0.15, 0.2) is 0 Å². The zero-order valence-corrected chi connectivity index (χ0v) is 16.4. The molecule has 0 bridgehead atoms. The third-order valence-electron chi connectivity index (χ3n) is 4.96. The van der Waals surface area contributed by atoms with Crippen molar-refractivity contribution in [3.63, 3.8) is 0 Å². The molecule has 0 aromatic heterocycles. The van der Waals surface area contributed by atoms with E-state index in [0.29, 0.717) is 0 Å². The monoisotopic (exact) mass is 346 g/mol. The van der Waals surface area contributed by atoms with Gasteiger partial charge in [-0.1, -0.05) is 44.2 Å². The standard InChI is InChI=1S/C21H38N4/c1-20(2)18-25(19-21-8-4-3-5-9-21)13-7-12-24-16-14-23(15-17-24)11-6-10-22/h3-5,8-9,20H,6-7,10-19,22H2,1-2H3. The van der Waals surface area contributed by atoms with Crippen LogP contribution in [-0.4, -0.2) is 73.6 Å². The SMILES string of the molecule is CC(C)CN(CCCN1CCN(CCCN)CC1)Cc1ccccc1. The minimum absolute atomic E-state index is 0.717. The quantitative estimate of drug-likeness (QED) is 0.668. The molecule has 1 aliphatic rings. The maximum atomic E-state index is 5.61. The molecule has 0 unspecified atom stereocenters. The number of nitrogens with zero attached hydrogens (tertiary/aromatic N) is 3. The Morgan fingerprint density at radius 3 is 2.12 bits per heavy atom. The summed E-state index contributed by atoms with van der Waals surface area (Å²) in [4.78, 5) is 7.82. The second-order valence-corrected chi connectivity index (χ2v) is 7.79. The van der Waals surface area contributed by atoms with Crippen LogP contribution < -0.4 is 5.73 Å². The third kappa shape index (κ3) is 8.32. The van der Waals surface area contributed by atoms with Crippen molar-refractivity contribution in [2.45, 2.75) is 33.2 Å². The van der Waals surface area contributed by atoms with E-state index in [9.17, 15) is 0 Å². The second-order valence-electron chi connectivity index (χ2n) is 7.79. The Kier molecular flexibility index (Phi) is 9.48. The van der Waals surface area contributed by atoms with Gasteiger partial charge in [0.05, 0.1) is 0 Å². The van der Waals surface area contributed by atoms with Crippen molar-refractivity contribution in [3.05, 3.63) is 35.9 Å². The molecule has 1 aromatic carbocycles. The van der Waals surface area contributed by atoms with Gasteiger partial charge < -0.3 is 15.5 Å². The van der Waals surface area contributed by atoms with E-state index in [-0.39, 0.29) is 0 Å². The maximum Gasteiger partial charge on any atom is 0.0233 e. The van der Waals surface area contributed by atoms with E-state index in [2.05, 4.69) is 58.9 Å². The zero-order valence-electron chi connectivity index (χ0n) is 16.4. The lowest BCUT2D eigenvalue weighted by Gasteiger charge is -2.35. The fourth-order valence-electron chi connectivity index (χ4n) is 3.66. The van der Waals surface area contributed by atoms with Gasteiger partial charge in [-0.15, -0.1) is 0 Å². The second kappa shape index (κ2) is 11.6. The Bertz CT molecular complexity index is 440. The van der Waals surface area contributed by atoms with Crippen molar-refractivity contribution in [2.75, 3.05) is 58.9 Å². The van der Waals surface area contributed by atoms with Crippen LogP contribution in [0.5, 0.6) is 0 Å². The van der Waals surface area contributed by atoms with Crippen LogP contribution in [-0.2, 0) is 6.54 Å². The summed E-state index contributed by atoms with van der Waals surface area (Å²) >= 11 is 0. The molecule has 0 amide bonds. The molecule has 1 saturated heterocycles. The molecular weight excluding hydrogens is 308 g/mol. The summed E-state index contributed by atoms with van der Waals surface area (Å²) in [5, 5.41) is 0. The van der Waals surface area contributed by atoms with Gasteiger partial charge in [-0.3, -0.25) is 4.90 Å². The molecule has 0 saturated carbocycles. The van der Waals surface area contributed by atoms with E-state index in [1.54, 1.807) is 0 Å². The highest BCUT2D eigenvalue weighted by Crippen LogP contribution is 2.09. The molecule has 2 rings (SSSR count). The minimum atomic E-state index is 0.717. The van der Waals surface area contributed by atoms with Crippen LogP contribution in [0.2, 0.25) is 0 Å². The summed E-state index contributed by atoms with van der Waals surface area (Å²) in [6.45, 7) is 16.1. The van der Waals surface area contributed by atoms with E-state index in [4.69, 9.17) is 5.73 Å². The van der Waals surface area contributed by atoms with Crippen molar-refractivity contribution >= 4 is 0 Å². The van der Waals surface area contributed by atoms with Crippen LogP contribution in [0, 0.1) is 5.92 Å². The van der Waals surface area contributed by atoms with Crippen LogP contribution in [0.1, 0.15) is 32.3 Å². The lowest BCUT2D eigenvalue weighted by atomic mass is 10.1. The third-order valence-corrected chi connectivity index (χ3v) is 4.96. The Labute approximate surface area is 155 Å². The first-order chi connectivity index (χ1) is 12.2. The molecule has 4 heteroatoms. The molecule has 1 aromatic rings. The Morgan fingerprint density at radius 1 is 0.960 bits per heavy atom. The molecule has 0 aliphatic carbocycles. The number of nitrogens with two attached hydrogens (primary N) is 1. The molecule has 1 fully saturated rings. The van der Waals surface area contributed by atoms with Crippen molar-refractivity contribution in [1.29, 1.82) is 0 Å². The predicted molar refractivity (Wildman–Crippen MR) is 108 cm³/mol. The van der Waals surface area contributed by atoms with Gasteiger partial charge in [0, 0.05) is 39.3 Å². The maximum absolute atomic E-state index is 5.61. The van der Waals surface area contributed by atoms with Gasteiger partial charge in [0.2, 0.25) is 0 Å². The van der Waals surface area contributed by atoms with Crippen LogP contribution in [0.3, 0.4) is 0 Å². The number of hydrogen-bond acceptors (Lipinski definition) is 4. The summed E-state index contributed by atoms with van der Waals surface area (Å²) < 4.78 is 0. The van der Waals surface area contributed by atoms with E-state index in [1.807, 2.05) is 0 Å². The van der Waals surface area contributed by atoms with E-state index >= 15 is 0 Å². The first kappa shape index (κ1) is 20.4. The fraction of sp³-hybridized carbons (Fsp3) is 0.714. The molecule has 0 atom stereocenters. The van der Waals surface area contributed by atoms with Crippen LogP contribution in [0.4, 0.5) is 0 Å². The lowest BCUT2D eigenvalue weighted by molar-refractivity contribution is 0.124. The normalized spacial score (nSPS) is 16.8. The van der Waals surface area contributed by atoms with Crippen molar-refractivity contribution in [1.82, 2.24) is 14.7 Å². The van der Waals surface area contributed by atoms with Gasteiger partial charge in [-0.25, -0.2) is 0 Å². The fourth-order valence-corrected chi connectivity index (χ4v) is 3.66. The van der Waals surface area contributed by atoms with E-state index < -0.39 is 0 Å². The predicted octanol–water partition coefficient (Wildman–Crippen LogP) is 2.50. The van der Waals surface area contributed by atoms with Gasteiger partial charge in [-0.05, 0) is 50.5 Å². The number of hydrogen-bond donors (Lipinski definition) is 1. The average molecular weight is 347 g/mol. The Balaban J connectivity index is 1.68. The highest BCUT2D eigenvalue weighted by atomic mass is 15.3. The molecule has 0 radical (unpaired) electrons. The van der Waals surface area contributed by atoms with Gasteiger partial charge in [0.1, 0.15) is 0 Å². The summed E-state index contributed by atoms with van der Waals surface area (Å²) in [5.41, 5.74) is 7.04. The first-order valence-electron chi connectivity index (χ1n) is 10.1. The van der Waals surface area contributed by atoms with E-state index in [0.717, 1.165) is 25.4 Å². The summed E-state index contributed by atoms with van der Waals surface area (Å²) in [5.74, 6) is 0.717. The molecule has 25 heavy (non-hydrogen) atoms.